The molecule has 0 aliphatic carbocycles. The van der Waals surface area contributed by atoms with E-state index in [4.69, 9.17) is 5.11 Å². The molecule has 3 rings (SSSR count). The average Bonchev–Trinajstić information content (AvgIpc) is 3.31. The van der Waals surface area contributed by atoms with Crippen LogP contribution in [0.2, 0.25) is 0 Å². The standard InChI is InChI=1S/C33H37N3O7S/c1-21-4-9-25(10-5-21)44-26-11-7-24(8-12-26)20-22(2)6-14-28(37)23(3)34-33(43)27(13-17-32(41)42)35-29(38)18-19-36-30(39)15-16-31(36)40/h4-5,7-12,15-16,23,27H,2,6,13-14,17-20H2,1,3H3,(H,34,43)(H,35,38)(H,41,42)/t23-,27-/m0/s1. The Morgan fingerprint density at radius 1 is 0.864 bits per heavy atom. The largest absolute Gasteiger partial charge is 0.481 e. The van der Waals surface area contributed by atoms with E-state index >= 15 is 0 Å². The number of rotatable bonds is 17. The van der Waals surface area contributed by atoms with Crippen LogP contribution in [0.5, 0.6) is 0 Å². The van der Waals surface area contributed by atoms with Gasteiger partial charge in [-0.3, -0.25) is 33.7 Å². The van der Waals surface area contributed by atoms with E-state index in [9.17, 15) is 28.8 Å². The quantitative estimate of drug-likeness (QED) is 0.179. The van der Waals surface area contributed by atoms with E-state index < -0.39 is 41.7 Å². The molecule has 0 bridgehead atoms. The van der Waals surface area contributed by atoms with Crippen LogP contribution in [0.1, 0.15) is 50.2 Å². The maximum absolute atomic E-state index is 12.9. The second-order valence-corrected chi connectivity index (χ2v) is 11.8. The Labute approximate surface area is 261 Å². The molecule has 4 amide bonds. The highest BCUT2D eigenvalue weighted by molar-refractivity contribution is 7.99. The average molecular weight is 620 g/mol. The molecule has 0 fully saturated rings. The maximum atomic E-state index is 12.9. The minimum Gasteiger partial charge on any atom is -0.481 e. The molecule has 232 valence electrons. The third-order valence-electron chi connectivity index (χ3n) is 6.96. The summed E-state index contributed by atoms with van der Waals surface area (Å²) in [6, 6.07) is 14.4. The second-order valence-electron chi connectivity index (χ2n) is 10.6. The first kappa shape index (κ1) is 34.0. The SMILES string of the molecule is C=C(CCC(=O)[C@H](C)NC(=O)[C@H](CCC(=O)O)NC(=O)CCN1C(=O)C=CC1=O)Cc1ccc(Sc2ccc(C)cc2)cc1. The molecule has 0 unspecified atom stereocenters. The van der Waals surface area contributed by atoms with Gasteiger partial charge in [0.15, 0.2) is 5.78 Å². The Morgan fingerprint density at radius 2 is 1.45 bits per heavy atom. The molecule has 3 N–H and O–H groups in total. The number of carbonyl (C=O) groups excluding carboxylic acids is 5. The van der Waals surface area contributed by atoms with Crippen LogP contribution in [0.15, 0.2) is 82.6 Å². The fraction of sp³-hybridized carbons (Fsp3) is 0.333. The number of Topliss-reactive ketones (excluding diaryl/α,β-unsaturated/α-hetero) is 1. The Morgan fingerprint density at radius 3 is 2.05 bits per heavy atom. The molecule has 1 aliphatic heterocycles. The predicted molar refractivity (Wildman–Crippen MR) is 166 cm³/mol. The zero-order valence-electron chi connectivity index (χ0n) is 24.8. The lowest BCUT2D eigenvalue weighted by Crippen LogP contribution is -2.51. The van der Waals surface area contributed by atoms with Gasteiger partial charge in [-0.2, -0.15) is 0 Å². The lowest BCUT2D eigenvalue weighted by Gasteiger charge is -2.21. The number of hydrogen-bond donors (Lipinski definition) is 3. The van der Waals surface area contributed by atoms with E-state index in [-0.39, 0.29) is 38.0 Å². The van der Waals surface area contributed by atoms with Crippen LogP contribution < -0.4 is 10.6 Å². The number of carboxylic acid groups (broad SMARTS) is 1. The van der Waals surface area contributed by atoms with E-state index in [1.807, 2.05) is 12.1 Å². The first-order valence-corrected chi connectivity index (χ1v) is 15.1. The van der Waals surface area contributed by atoms with Crippen LogP contribution in [-0.4, -0.2) is 64.0 Å². The summed E-state index contributed by atoms with van der Waals surface area (Å²) in [5, 5.41) is 14.1. The molecule has 2 aromatic rings. The monoisotopic (exact) mass is 619 g/mol. The highest BCUT2D eigenvalue weighted by Crippen LogP contribution is 2.28. The Kier molecular flexibility index (Phi) is 12.6. The normalized spacial score (nSPS) is 13.8. The van der Waals surface area contributed by atoms with E-state index in [2.05, 4.69) is 60.5 Å². The maximum Gasteiger partial charge on any atom is 0.303 e. The molecule has 10 nitrogen and oxygen atoms in total. The van der Waals surface area contributed by atoms with Gasteiger partial charge in [0.1, 0.15) is 6.04 Å². The number of ketones is 1. The van der Waals surface area contributed by atoms with E-state index in [1.54, 1.807) is 11.8 Å². The molecule has 11 heteroatoms. The van der Waals surface area contributed by atoms with Crippen LogP contribution in [0.3, 0.4) is 0 Å². The smallest absolute Gasteiger partial charge is 0.303 e. The van der Waals surface area contributed by atoms with Crippen LogP contribution in [0.4, 0.5) is 0 Å². The Bertz CT molecular complexity index is 1420. The van der Waals surface area contributed by atoms with Gasteiger partial charge in [0.25, 0.3) is 11.8 Å². The van der Waals surface area contributed by atoms with Crippen molar-refractivity contribution in [1.29, 1.82) is 0 Å². The van der Waals surface area contributed by atoms with Crippen molar-refractivity contribution in [3.8, 4) is 0 Å². The van der Waals surface area contributed by atoms with Gasteiger partial charge in [0, 0.05) is 47.8 Å². The van der Waals surface area contributed by atoms with Crippen LogP contribution in [0.25, 0.3) is 0 Å². The molecule has 0 aromatic heterocycles. The van der Waals surface area contributed by atoms with Crippen molar-refractivity contribution in [3.05, 3.63) is 84.0 Å². The number of hydrogen-bond acceptors (Lipinski definition) is 7. The molecule has 0 saturated heterocycles. The van der Waals surface area contributed by atoms with Gasteiger partial charge in [0.2, 0.25) is 11.8 Å². The first-order valence-electron chi connectivity index (χ1n) is 14.3. The third-order valence-corrected chi connectivity index (χ3v) is 7.98. The fourth-order valence-electron chi connectivity index (χ4n) is 4.37. The number of carbonyl (C=O) groups is 6. The van der Waals surface area contributed by atoms with Gasteiger partial charge >= 0.3 is 5.97 Å². The molecule has 0 spiro atoms. The number of imide groups is 1. The number of aryl methyl sites for hydroxylation is 1. The summed E-state index contributed by atoms with van der Waals surface area (Å²) in [7, 11) is 0. The number of aliphatic carboxylic acids is 1. The van der Waals surface area contributed by atoms with Gasteiger partial charge < -0.3 is 15.7 Å². The number of amides is 4. The topological polar surface area (TPSA) is 150 Å². The van der Waals surface area contributed by atoms with Crippen LogP contribution in [0, 0.1) is 6.92 Å². The minimum atomic E-state index is -1.21. The van der Waals surface area contributed by atoms with E-state index in [0.29, 0.717) is 12.8 Å². The number of nitrogens with one attached hydrogen (secondary N) is 2. The molecule has 2 atom stereocenters. The minimum absolute atomic E-state index is 0.152. The molecule has 2 aromatic carbocycles. The van der Waals surface area contributed by atoms with Gasteiger partial charge in [-0.1, -0.05) is 53.7 Å². The van der Waals surface area contributed by atoms with Gasteiger partial charge in [-0.15, -0.1) is 0 Å². The van der Waals surface area contributed by atoms with E-state index in [0.717, 1.165) is 38.0 Å². The van der Waals surface area contributed by atoms with Gasteiger partial charge in [0.05, 0.1) is 6.04 Å². The summed E-state index contributed by atoms with van der Waals surface area (Å²) >= 11 is 1.68. The van der Waals surface area contributed by atoms with Crippen molar-refractivity contribution in [2.45, 2.75) is 74.2 Å². The van der Waals surface area contributed by atoms with Crippen LogP contribution >= 0.6 is 11.8 Å². The third kappa shape index (κ3) is 11.0. The number of benzene rings is 2. The molecule has 44 heavy (non-hydrogen) atoms. The number of carboxylic acids is 1. The summed E-state index contributed by atoms with van der Waals surface area (Å²) in [6.45, 7) is 7.50. The summed E-state index contributed by atoms with van der Waals surface area (Å²) in [4.78, 5) is 75.7. The highest BCUT2D eigenvalue weighted by atomic mass is 32.2. The second kappa shape index (κ2) is 16.4. The van der Waals surface area contributed by atoms with Crippen molar-refractivity contribution in [2.75, 3.05) is 6.54 Å². The fourth-order valence-corrected chi connectivity index (χ4v) is 5.19. The summed E-state index contributed by atoms with van der Waals surface area (Å²) < 4.78 is 0. The summed E-state index contributed by atoms with van der Waals surface area (Å²) in [5.41, 5.74) is 3.15. The number of nitrogens with zero attached hydrogens (tertiary/aromatic N) is 1. The van der Waals surface area contributed by atoms with E-state index in [1.165, 1.54) is 12.5 Å². The summed E-state index contributed by atoms with van der Waals surface area (Å²) in [6.07, 6.45) is 2.54. The Hall–Kier alpha value is -4.51. The van der Waals surface area contributed by atoms with Crippen molar-refractivity contribution in [1.82, 2.24) is 15.5 Å². The predicted octanol–water partition coefficient (Wildman–Crippen LogP) is 3.76. The zero-order chi connectivity index (χ0) is 32.2. The molecule has 0 radical (unpaired) electrons. The summed E-state index contributed by atoms with van der Waals surface area (Å²) in [5.74, 6) is -3.80. The lowest BCUT2D eigenvalue weighted by molar-refractivity contribution is -0.139. The Balaban J connectivity index is 1.44. The molecule has 1 heterocycles. The van der Waals surface area contributed by atoms with Crippen molar-refractivity contribution >= 4 is 47.1 Å². The zero-order valence-corrected chi connectivity index (χ0v) is 25.7. The van der Waals surface area contributed by atoms with Crippen LogP contribution in [-0.2, 0) is 35.2 Å². The van der Waals surface area contributed by atoms with Gasteiger partial charge in [-0.05, 0) is 62.9 Å². The molecule has 0 saturated carbocycles. The molecule has 1 aliphatic rings. The molecular formula is C33H37N3O7S. The first-order chi connectivity index (χ1) is 20.9. The van der Waals surface area contributed by atoms with Gasteiger partial charge in [-0.25, -0.2) is 0 Å². The number of allylic oxidation sites excluding steroid dienone is 1. The van der Waals surface area contributed by atoms with Crippen molar-refractivity contribution in [2.24, 2.45) is 0 Å². The molecular weight excluding hydrogens is 582 g/mol. The highest BCUT2D eigenvalue weighted by Gasteiger charge is 2.27. The van der Waals surface area contributed by atoms with Crippen molar-refractivity contribution < 1.29 is 33.9 Å². The lowest BCUT2D eigenvalue weighted by atomic mass is 9.99. The van der Waals surface area contributed by atoms with Crippen molar-refractivity contribution in [3.63, 3.8) is 0 Å².